The van der Waals surface area contributed by atoms with Gasteiger partial charge in [-0.15, -0.1) is 0 Å². The van der Waals surface area contributed by atoms with E-state index in [0.717, 1.165) is 28.0 Å². The van der Waals surface area contributed by atoms with Crippen LogP contribution in [0.2, 0.25) is 5.02 Å². The van der Waals surface area contributed by atoms with E-state index in [4.69, 9.17) is 11.6 Å². The van der Waals surface area contributed by atoms with E-state index in [2.05, 4.69) is 27.1 Å². The summed E-state index contributed by atoms with van der Waals surface area (Å²) >= 11 is 6.18. The number of imidazole rings is 1. The highest BCUT2D eigenvalue weighted by Gasteiger charge is 2.31. The second kappa shape index (κ2) is 7.95. The lowest BCUT2D eigenvalue weighted by Crippen LogP contribution is -2.60. The molecule has 0 spiro atoms. The molecule has 156 valence electrons. The minimum absolute atomic E-state index is 0.0498. The van der Waals surface area contributed by atoms with Gasteiger partial charge in [0, 0.05) is 42.7 Å². The molecule has 0 radical (unpaired) electrons. The van der Waals surface area contributed by atoms with E-state index in [9.17, 15) is 9.59 Å². The van der Waals surface area contributed by atoms with E-state index in [0.29, 0.717) is 36.6 Å². The fourth-order valence-electron chi connectivity index (χ4n) is 3.65. The predicted octanol–water partition coefficient (Wildman–Crippen LogP) is 2.17. The topological polar surface area (TPSA) is 95.9 Å². The first-order valence-electron chi connectivity index (χ1n) is 9.73. The molecule has 0 aliphatic carbocycles. The number of hydrogen-bond donors (Lipinski definition) is 2. The summed E-state index contributed by atoms with van der Waals surface area (Å²) in [6.07, 6.45) is 4.24. The van der Waals surface area contributed by atoms with Crippen molar-refractivity contribution >= 4 is 34.3 Å². The van der Waals surface area contributed by atoms with E-state index >= 15 is 0 Å². The third-order valence-corrected chi connectivity index (χ3v) is 5.94. The predicted molar refractivity (Wildman–Crippen MR) is 114 cm³/mol. The Morgan fingerprint density at radius 1 is 1.37 bits per heavy atom. The molecule has 1 aromatic carbocycles. The molecule has 2 aromatic heterocycles. The molecule has 1 fully saturated rings. The van der Waals surface area contributed by atoms with Crippen LogP contribution in [0.4, 0.5) is 0 Å². The van der Waals surface area contributed by atoms with Crippen molar-refractivity contribution in [1.82, 2.24) is 30.0 Å². The van der Waals surface area contributed by atoms with Crippen molar-refractivity contribution in [3.8, 4) is 0 Å². The Morgan fingerprint density at radius 2 is 2.13 bits per heavy atom. The van der Waals surface area contributed by atoms with E-state index < -0.39 is 0 Å². The van der Waals surface area contributed by atoms with Crippen molar-refractivity contribution in [2.45, 2.75) is 25.8 Å². The monoisotopic (exact) mass is 426 g/mol. The molecular formula is C21H23ClN6O2. The zero-order valence-electron chi connectivity index (χ0n) is 16.9. The Kier molecular flexibility index (Phi) is 5.34. The summed E-state index contributed by atoms with van der Waals surface area (Å²) in [6, 6.07) is 3.85. The first-order valence-corrected chi connectivity index (χ1v) is 10.1. The number of fused-ring (bicyclic) bond motifs is 1. The Bertz CT molecular complexity index is 1140. The number of nitrogens with one attached hydrogen (secondary N) is 2. The number of hydrogen-bond acceptors (Lipinski definition) is 4. The molecule has 1 aliphatic heterocycles. The number of likely N-dealkylation sites (tertiary alicyclic amines) is 1. The Balaban J connectivity index is 1.39. The third kappa shape index (κ3) is 3.70. The van der Waals surface area contributed by atoms with Gasteiger partial charge in [-0.2, -0.15) is 5.10 Å². The molecule has 0 unspecified atom stereocenters. The van der Waals surface area contributed by atoms with Gasteiger partial charge in [-0.3, -0.25) is 14.7 Å². The lowest BCUT2D eigenvalue weighted by Gasteiger charge is -2.38. The summed E-state index contributed by atoms with van der Waals surface area (Å²) in [4.78, 5) is 30.1. The van der Waals surface area contributed by atoms with Crippen LogP contribution >= 0.6 is 11.6 Å². The van der Waals surface area contributed by atoms with Gasteiger partial charge in [0.15, 0.2) is 0 Å². The second-order valence-corrected chi connectivity index (χ2v) is 7.96. The van der Waals surface area contributed by atoms with E-state index in [1.54, 1.807) is 15.7 Å². The summed E-state index contributed by atoms with van der Waals surface area (Å²) in [5.41, 5.74) is 3.35. The Hall–Kier alpha value is -3.13. The zero-order chi connectivity index (χ0) is 21.4. The van der Waals surface area contributed by atoms with Crippen molar-refractivity contribution in [1.29, 1.82) is 0 Å². The molecule has 0 bridgehead atoms. The average molecular weight is 427 g/mol. The molecule has 3 heterocycles. The summed E-state index contributed by atoms with van der Waals surface area (Å²) in [5.74, 6) is 0.502. The first kappa shape index (κ1) is 20.2. The van der Waals surface area contributed by atoms with Gasteiger partial charge in [-0.1, -0.05) is 18.2 Å². The maximum absolute atomic E-state index is 12.6. The highest BCUT2D eigenvalue weighted by molar-refractivity contribution is 6.32. The van der Waals surface area contributed by atoms with E-state index in [1.807, 2.05) is 26.1 Å². The molecule has 3 aromatic rings. The fraction of sp³-hybridized carbons (Fsp3) is 0.333. The molecule has 2 amide bonds. The average Bonchev–Trinajstić information content (AvgIpc) is 3.25. The fourth-order valence-corrected chi connectivity index (χ4v) is 3.81. The van der Waals surface area contributed by atoms with Crippen LogP contribution in [0.25, 0.3) is 10.9 Å². The van der Waals surface area contributed by atoms with Crippen LogP contribution in [-0.4, -0.2) is 55.6 Å². The Morgan fingerprint density at radius 3 is 2.87 bits per heavy atom. The zero-order valence-corrected chi connectivity index (χ0v) is 17.7. The number of nitrogens with zero attached hydrogens (tertiary/aromatic N) is 4. The molecule has 30 heavy (non-hydrogen) atoms. The van der Waals surface area contributed by atoms with Gasteiger partial charge >= 0.3 is 0 Å². The van der Waals surface area contributed by atoms with Crippen LogP contribution in [0.5, 0.6) is 0 Å². The standard InChI is InChI=1S/C21H23ClN6O2/c1-4-20(29)28-10-13(11-28)24-21(30)18-9-23-19(27(18)3)6-5-16-14-7-12(2)15(22)8-17(14)26-25-16/h4,7-9,13H,1,5-6,10-11H2,2-3H3,(H,24,30)(H,25,26). The highest BCUT2D eigenvalue weighted by Crippen LogP contribution is 2.25. The van der Waals surface area contributed by atoms with Gasteiger partial charge in [-0.05, 0) is 37.1 Å². The number of aromatic amines is 1. The van der Waals surface area contributed by atoms with Gasteiger partial charge in [0.25, 0.3) is 5.91 Å². The number of H-pyrrole nitrogens is 1. The number of carbonyl (C=O) groups is 2. The van der Waals surface area contributed by atoms with E-state index in [-0.39, 0.29) is 17.9 Å². The molecule has 8 nitrogen and oxygen atoms in total. The molecule has 9 heteroatoms. The van der Waals surface area contributed by atoms with Gasteiger partial charge in [0.2, 0.25) is 5.91 Å². The number of halogens is 1. The van der Waals surface area contributed by atoms with E-state index in [1.165, 1.54) is 6.08 Å². The van der Waals surface area contributed by atoms with Gasteiger partial charge < -0.3 is 14.8 Å². The van der Waals surface area contributed by atoms with Crippen LogP contribution in [0.3, 0.4) is 0 Å². The van der Waals surface area contributed by atoms with Crippen molar-refractivity contribution in [2.24, 2.45) is 7.05 Å². The molecule has 1 saturated heterocycles. The molecule has 4 rings (SSSR count). The SMILES string of the molecule is C=CC(=O)N1CC(NC(=O)c2cnc(CCc3[nH]nc4cc(Cl)c(C)cc34)n2C)C1. The quantitative estimate of drug-likeness (QED) is 0.590. The van der Waals surface area contributed by atoms with Crippen LogP contribution in [0.15, 0.2) is 31.0 Å². The maximum Gasteiger partial charge on any atom is 0.269 e. The molecule has 2 N–H and O–H groups in total. The minimum Gasteiger partial charge on any atom is -0.344 e. The number of carbonyl (C=O) groups excluding carboxylic acids is 2. The number of amides is 2. The highest BCUT2D eigenvalue weighted by atomic mass is 35.5. The summed E-state index contributed by atoms with van der Waals surface area (Å²) < 4.78 is 1.81. The Labute approximate surface area is 178 Å². The molecule has 0 atom stereocenters. The summed E-state index contributed by atoms with van der Waals surface area (Å²) in [7, 11) is 1.83. The van der Waals surface area contributed by atoms with Crippen LogP contribution < -0.4 is 5.32 Å². The summed E-state index contributed by atoms with van der Waals surface area (Å²) in [5, 5.41) is 12.1. The number of rotatable bonds is 6. The van der Waals surface area contributed by atoms with Gasteiger partial charge in [0.05, 0.1) is 17.8 Å². The molecule has 0 saturated carbocycles. The van der Waals surface area contributed by atoms with Gasteiger partial charge in [-0.25, -0.2) is 4.98 Å². The minimum atomic E-state index is -0.191. The number of aromatic nitrogens is 4. The first-order chi connectivity index (χ1) is 14.4. The van der Waals surface area contributed by atoms with Crippen molar-refractivity contribution in [3.63, 3.8) is 0 Å². The van der Waals surface area contributed by atoms with Crippen molar-refractivity contribution in [3.05, 3.63) is 58.8 Å². The molecule has 1 aliphatic rings. The summed E-state index contributed by atoms with van der Waals surface area (Å²) in [6.45, 7) is 6.43. The normalized spacial score (nSPS) is 14.0. The van der Waals surface area contributed by atoms with Crippen LogP contribution in [0.1, 0.15) is 27.6 Å². The number of benzene rings is 1. The number of aryl methyl sites for hydroxylation is 3. The van der Waals surface area contributed by atoms with Gasteiger partial charge in [0.1, 0.15) is 11.5 Å². The van der Waals surface area contributed by atoms with Crippen LogP contribution in [0, 0.1) is 6.92 Å². The molecular weight excluding hydrogens is 404 g/mol. The van der Waals surface area contributed by atoms with Crippen molar-refractivity contribution < 1.29 is 9.59 Å². The lowest BCUT2D eigenvalue weighted by atomic mass is 10.1. The lowest BCUT2D eigenvalue weighted by molar-refractivity contribution is -0.130. The smallest absolute Gasteiger partial charge is 0.269 e. The second-order valence-electron chi connectivity index (χ2n) is 7.56. The van der Waals surface area contributed by atoms with Crippen molar-refractivity contribution in [2.75, 3.05) is 13.1 Å². The third-order valence-electron chi connectivity index (χ3n) is 5.53. The van der Waals surface area contributed by atoms with Crippen LogP contribution in [-0.2, 0) is 24.7 Å². The largest absolute Gasteiger partial charge is 0.344 e. The maximum atomic E-state index is 12.6.